The molecule has 1 amide bonds. The van der Waals surface area contributed by atoms with Crippen LogP contribution in [0.4, 0.5) is 0 Å². The van der Waals surface area contributed by atoms with Crippen LogP contribution in [0, 0.1) is 0 Å². The minimum atomic E-state index is -0.964. The summed E-state index contributed by atoms with van der Waals surface area (Å²) in [5.74, 6) is 0.0851. The predicted molar refractivity (Wildman–Crippen MR) is 67.0 cm³/mol. The molecule has 0 fully saturated rings. The minimum absolute atomic E-state index is 0.264. The first kappa shape index (κ1) is 12.6. The van der Waals surface area contributed by atoms with Gasteiger partial charge in [-0.2, -0.15) is 4.98 Å². The quantitative estimate of drug-likeness (QED) is 0.922. The van der Waals surface area contributed by atoms with Gasteiger partial charge in [-0.25, -0.2) is 0 Å². The first-order chi connectivity index (χ1) is 8.41. The first-order valence-electron chi connectivity index (χ1n) is 5.31. The second-order valence-electron chi connectivity index (χ2n) is 4.42. The van der Waals surface area contributed by atoms with Crippen molar-refractivity contribution in [1.29, 1.82) is 0 Å². The third-order valence-corrected chi connectivity index (χ3v) is 2.94. The second kappa shape index (κ2) is 4.42. The van der Waals surface area contributed by atoms with Crippen LogP contribution in [0.25, 0.3) is 11.5 Å². The number of carbonyl (C=O) groups is 1. The van der Waals surface area contributed by atoms with Gasteiger partial charge in [0.2, 0.25) is 5.91 Å². The standard InChI is InChI=1S/C12H12ClN3O2/c1-12(2,10(14)17)11-15-9(18-16-11)7-3-5-8(13)6-4-7/h3-6H,1-2H3,(H2,14,17). The molecule has 5 nitrogen and oxygen atoms in total. The molecule has 0 aliphatic heterocycles. The van der Waals surface area contributed by atoms with Crippen LogP contribution in [0.5, 0.6) is 0 Å². The van der Waals surface area contributed by atoms with E-state index in [9.17, 15) is 4.79 Å². The van der Waals surface area contributed by atoms with Crippen molar-refractivity contribution in [1.82, 2.24) is 10.1 Å². The second-order valence-corrected chi connectivity index (χ2v) is 4.86. The Morgan fingerprint density at radius 1 is 1.33 bits per heavy atom. The monoisotopic (exact) mass is 265 g/mol. The van der Waals surface area contributed by atoms with Crippen LogP contribution in [-0.4, -0.2) is 16.0 Å². The van der Waals surface area contributed by atoms with Crippen molar-refractivity contribution >= 4 is 17.5 Å². The lowest BCUT2D eigenvalue weighted by atomic mass is 9.92. The van der Waals surface area contributed by atoms with E-state index in [4.69, 9.17) is 21.9 Å². The molecule has 0 radical (unpaired) electrons. The molecule has 94 valence electrons. The van der Waals surface area contributed by atoms with Gasteiger partial charge in [-0.1, -0.05) is 16.8 Å². The number of amides is 1. The molecule has 0 aliphatic carbocycles. The molecule has 1 aromatic heterocycles. The Hall–Kier alpha value is -1.88. The fraction of sp³-hybridized carbons (Fsp3) is 0.250. The highest BCUT2D eigenvalue weighted by Gasteiger charge is 2.33. The number of nitrogens with two attached hydrogens (primary N) is 1. The van der Waals surface area contributed by atoms with Gasteiger partial charge < -0.3 is 10.3 Å². The number of rotatable bonds is 3. The van der Waals surface area contributed by atoms with E-state index in [2.05, 4.69) is 10.1 Å². The molecular weight excluding hydrogens is 254 g/mol. The summed E-state index contributed by atoms with van der Waals surface area (Å²) in [5, 5.41) is 4.41. The van der Waals surface area contributed by atoms with Crippen molar-refractivity contribution in [3.8, 4) is 11.5 Å². The smallest absolute Gasteiger partial charge is 0.257 e. The van der Waals surface area contributed by atoms with Gasteiger partial charge in [-0.3, -0.25) is 4.79 Å². The Morgan fingerprint density at radius 3 is 2.50 bits per heavy atom. The molecule has 0 aliphatic rings. The van der Waals surface area contributed by atoms with E-state index in [1.165, 1.54) is 0 Å². The SMILES string of the molecule is CC(C)(C(N)=O)c1noc(-c2ccc(Cl)cc2)n1. The van der Waals surface area contributed by atoms with Crippen LogP contribution in [-0.2, 0) is 10.2 Å². The van der Waals surface area contributed by atoms with Gasteiger partial charge in [-0.05, 0) is 38.1 Å². The van der Waals surface area contributed by atoms with Gasteiger partial charge in [-0.15, -0.1) is 0 Å². The maximum Gasteiger partial charge on any atom is 0.257 e. The molecule has 0 saturated heterocycles. The zero-order chi connectivity index (χ0) is 13.3. The number of halogens is 1. The van der Waals surface area contributed by atoms with Crippen LogP contribution < -0.4 is 5.73 Å². The number of nitrogens with zero attached hydrogens (tertiary/aromatic N) is 2. The lowest BCUT2D eigenvalue weighted by molar-refractivity contribution is -0.122. The van der Waals surface area contributed by atoms with Crippen molar-refractivity contribution in [2.75, 3.05) is 0 Å². The molecule has 18 heavy (non-hydrogen) atoms. The van der Waals surface area contributed by atoms with E-state index in [-0.39, 0.29) is 5.82 Å². The Bertz CT molecular complexity index is 575. The molecule has 2 rings (SSSR count). The highest BCUT2D eigenvalue weighted by Crippen LogP contribution is 2.24. The van der Waals surface area contributed by atoms with Crippen molar-refractivity contribution in [3.05, 3.63) is 35.1 Å². The summed E-state index contributed by atoms with van der Waals surface area (Å²) >= 11 is 5.79. The van der Waals surface area contributed by atoms with Gasteiger partial charge in [0.25, 0.3) is 5.89 Å². The number of hydrogen-bond donors (Lipinski definition) is 1. The lowest BCUT2D eigenvalue weighted by Gasteiger charge is -2.14. The van der Waals surface area contributed by atoms with Crippen LogP contribution in [0.2, 0.25) is 5.02 Å². The molecule has 1 heterocycles. The fourth-order valence-corrected chi connectivity index (χ4v) is 1.42. The maximum absolute atomic E-state index is 11.3. The van der Waals surface area contributed by atoms with Crippen LogP contribution in [0.1, 0.15) is 19.7 Å². The van der Waals surface area contributed by atoms with Crippen LogP contribution in [0.3, 0.4) is 0 Å². The summed E-state index contributed by atoms with van der Waals surface area (Å²) < 4.78 is 5.12. The van der Waals surface area contributed by atoms with Crippen molar-refractivity contribution in [2.24, 2.45) is 5.73 Å². The molecule has 6 heteroatoms. The third kappa shape index (κ3) is 2.22. The molecule has 0 unspecified atom stereocenters. The Balaban J connectivity index is 2.37. The lowest BCUT2D eigenvalue weighted by Crippen LogP contribution is -2.36. The molecule has 0 atom stereocenters. The average Bonchev–Trinajstić information content (AvgIpc) is 2.79. The molecule has 0 saturated carbocycles. The van der Waals surface area contributed by atoms with Gasteiger partial charge in [0, 0.05) is 10.6 Å². The predicted octanol–water partition coefficient (Wildman–Crippen LogP) is 2.15. The molecule has 1 aromatic carbocycles. The summed E-state index contributed by atoms with van der Waals surface area (Å²) in [4.78, 5) is 15.5. The zero-order valence-electron chi connectivity index (χ0n) is 9.98. The van der Waals surface area contributed by atoms with Gasteiger partial charge in [0.05, 0.1) is 0 Å². The number of primary amides is 1. The van der Waals surface area contributed by atoms with Gasteiger partial charge >= 0.3 is 0 Å². The van der Waals surface area contributed by atoms with Gasteiger partial charge in [0.1, 0.15) is 5.41 Å². The topological polar surface area (TPSA) is 82.0 Å². The van der Waals surface area contributed by atoms with E-state index in [0.29, 0.717) is 10.9 Å². The highest BCUT2D eigenvalue weighted by molar-refractivity contribution is 6.30. The van der Waals surface area contributed by atoms with Crippen LogP contribution >= 0.6 is 11.6 Å². The van der Waals surface area contributed by atoms with E-state index >= 15 is 0 Å². The summed E-state index contributed by atoms with van der Waals surface area (Å²) in [6, 6.07) is 6.97. The normalized spacial score (nSPS) is 11.5. The highest BCUT2D eigenvalue weighted by atomic mass is 35.5. The third-order valence-electron chi connectivity index (χ3n) is 2.69. The molecule has 0 bridgehead atoms. The molecule has 0 spiro atoms. The summed E-state index contributed by atoms with van der Waals surface area (Å²) in [5.41, 5.74) is 5.06. The summed E-state index contributed by atoms with van der Waals surface area (Å²) in [6.45, 7) is 3.29. The van der Waals surface area contributed by atoms with Crippen molar-refractivity contribution in [3.63, 3.8) is 0 Å². The van der Waals surface area contributed by atoms with Gasteiger partial charge in [0.15, 0.2) is 5.82 Å². The fourth-order valence-electron chi connectivity index (χ4n) is 1.30. The van der Waals surface area contributed by atoms with E-state index in [1.54, 1.807) is 38.1 Å². The van der Waals surface area contributed by atoms with E-state index in [0.717, 1.165) is 5.56 Å². The summed E-state index contributed by atoms with van der Waals surface area (Å²) in [7, 11) is 0. The summed E-state index contributed by atoms with van der Waals surface area (Å²) in [6.07, 6.45) is 0. The Kier molecular flexibility index (Phi) is 3.09. The van der Waals surface area contributed by atoms with E-state index < -0.39 is 11.3 Å². The molecule has 2 N–H and O–H groups in total. The Morgan fingerprint density at radius 2 is 1.94 bits per heavy atom. The van der Waals surface area contributed by atoms with Crippen molar-refractivity contribution in [2.45, 2.75) is 19.3 Å². The molecular formula is C12H12ClN3O2. The van der Waals surface area contributed by atoms with Crippen molar-refractivity contribution < 1.29 is 9.32 Å². The largest absolute Gasteiger partial charge is 0.369 e. The Labute approximate surface area is 109 Å². The average molecular weight is 266 g/mol. The number of benzene rings is 1. The maximum atomic E-state index is 11.3. The number of hydrogen-bond acceptors (Lipinski definition) is 4. The minimum Gasteiger partial charge on any atom is -0.369 e. The first-order valence-corrected chi connectivity index (χ1v) is 5.69. The number of carbonyl (C=O) groups excluding carboxylic acids is 1. The van der Waals surface area contributed by atoms with E-state index in [1.807, 2.05) is 0 Å². The molecule has 2 aromatic rings. The zero-order valence-corrected chi connectivity index (χ0v) is 10.7. The van der Waals surface area contributed by atoms with Crippen LogP contribution in [0.15, 0.2) is 28.8 Å². The number of aromatic nitrogens is 2.